The van der Waals surface area contributed by atoms with Crippen LogP contribution in [0.2, 0.25) is 0 Å². The first kappa shape index (κ1) is 15.3. The highest BCUT2D eigenvalue weighted by Gasteiger charge is 2.34. The molecular weight excluding hydrogens is 232 g/mol. The maximum absolute atomic E-state index is 3.78. The summed E-state index contributed by atoms with van der Waals surface area (Å²) in [5.74, 6) is 0.807. The molecule has 1 saturated heterocycles. The fraction of sp³-hybridized carbons (Fsp3) is 1.00. The van der Waals surface area contributed by atoms with Crippen LogP contribution in [-0.4, -0.2) is 37.1 Å². The first-order valence-corrected chi connectivity index (χ1v) is 8.65. The van der Waals surface area contributed by atoms with Crippen LogP contribution in [0.5, 0.6) is 0 Å². The molecule has 2 atom stereocenters. The molecule has 19 heavy (non-hydrogen) atoms. The van der Waals surface area contributed by atoms with Crippen LogP contribution in [0.4, 0.5) is 0 Å². The molecule has 0 spiro atoms. The second kappa shape index (κ2) is 7.08. The summed E-state index contributed by atoms with van der Waals surface area (Å²) in [6.07, 6.45) is 9.88. The van der Waals surface area contributed by atoms with Crippen LogP contribution < -0.4 is 5.32 Å². The predicted molar refractivity (Wildman–Crippen MR) is 83.5 cm³/mol. The van der Waals surface area contributed by atoms with E-state index in [2.05, 4.69) is 31.0 Å². The van der Waals surface area contributed by atoms with Gasteiger partial charge in [0.1, 0.15) is 0 Å². The van der Waals surface area contributed by atoms with E-state index in [4.69, 9.17) is 0 Å². The van der Waals surface area contributed by atoms with E-state index in [-0.39, 0.29) is 0 Å². The quantitative estimate of drug-likeness (QED) is 0.817. The molecule has 2 unspecified atom stereocenters. The smallest absolute Gasteiger partial charge is 0.0220 e. The summed E-state index contributed by atoms with van der Waals surface area (Å²) in [5, 5.41) is 3.78. The summed E-state index contributed by atoms with van der Waals surface area (Å²) in [6.45, 7) is 12.3. The van der Waals surface area contributed by atoms with Crippen molar-refractivity contribution in [2.24, 2.45) is 11.3 Å². The van der Waals surface area contributed by atoms with Gasteiger partial charge in [-0.2, -0.15) is 0 Å². The van der Waals surface area contributed by atoms with E-state index >= 15 is 0 Å². The van der Waals surface area contributed by atoms with E-state index in [0.717, 1.165) is 5.92 Å². The lowest BCUT2D eigenvalue weighted by atomic mass is 9.82. The first-order valence-electron chi connectivity index (χ1n) is 8.65. The number of hydrogen-bond donors (Lipinski definition) is 1. The van der Waals surface area contributed by atoms with Gasteiger partial charge in [-0.25, -0.2) is 0 Å². The molecule has 0 aromatic carbocycles. The molecular formula is C17H34N2. The second-order valence-corrected chi connectivity index (χ2v) is 7.10. The molecule has 2 fully saturated rings. The fourth-order valence-electron chi connectivity index (χ4n) is 4.06. The summed E-state index contributed by atoms with van der Waals surface area (Å²) in [4.78, 5) is 2.78. The van der Waals surface area contributed by atoms with Crippen LogP contribution >= 0.6 is 0 Å². The van der Waals surface area contributed by atoms with Crippen LogP contribution in [0, 0.1) is 11.3 Å². The molecule has 2 rings (SSSR count). The Labute approximate surface area is 120 Å². The Balaban J connectivity index is 1.94. The van der Waals surface area contributed by atoms with E-state index in [9.17, 15) is 0 Å². The Kier molecular flexibility index (Phi) is 5.70. The minimum atomic E-state index is 0.657. The average Bonchev–Trinajstić information content (AvgIpc) is 2.77. The zero-order valence-electron chi connectivity index (χ0n) is 13.4. The van der Waals surface area contributed by atoms with Crippen molar-refractivity contribution in [2.45, 2.75) is 71.8 Å². The molecule has 2 heteroatoms. The zero-order valence-corrected chi connectivity index (χ0v) is 13.4. The van der Waals surface area contributed by atoms with Gasteiger partial charge in [-0.15, -0.1) is 0 Å². The van der Waals surface area contributed by atoms with Crippen LogP contribution in [0.1, 0.15) is 65.7 Å². The first-order chi connectivity index (χ1) is 9.19. The lowest BCUT2D eigenvalue weighted by molar-refractivity contribution is 0.137. The Bertz CT molecular complexity index is 258. The molecule has 2 nitrogen and oxygen atoms in total. The van der Waals surface area contributed by atoms with Gasteiger partial charge in [0.15, 0.2) is 0 Å². The van der Waals surface area contributed by atoms with Gasteiger partial charge in [0.25, 0.3) is 0 Å². The van der Waals surface area contributed by atoms with Gasteiger partial charge in [-0.1, -0.05) is 40.0 Å². The van der Waals surface area contributed by atoms with Gasteiger partial charge in [0.2, 0.25) is 0 Å². The van der Waals surface area contributed by atoms with Crippen molar-refractivity contribution in [1.82, 2.24) is 10.2 Å². The Morgan fingerprint density at radius 2 is 1.95 bits per heavy atom. The highest BCUT2D eigenvalue weighted by Crippen LogP contribution is 2.41. The maximum atomic E-state index is 3.78. The van der Waals surface area contributed by atoms with Gasteiger partial charge in [0.05, 0.1) is 0 Å². The third kappa shape index (κ3) is 3.95. The van der Waals surface area contributed by atoms with Crippen molar-refractivity contribution in [3.8, 4) is 0 Å². The fourth-order valence-corrected chi connectivity index (χ4v) is 4.06. The van der Waals surface area contributed by atoms with E-state index in [1.807, 2.05) is 0 Å². The molecule has 0 aromatic rings. The normalized spacial score (nSPS) is 30.2. The third-order valence-corrected chi connectivity index (χ3v) is 5.82. The SMILES string of the molecule is CCC(C)C1CN(CC2(CC)CCCC2)CCCN1. The molecule has 112 valence electrons. The van der Waals surface area contributed by atoms with Crippen LogP contribution in [0.25, 0.3) is 0 Å². The summed E-state index contributed by atoms with van der Waals surface area (Å²) in [6, 6.07) is 0.711. The lowest BCUT2D eigenvalue weighted by Gasteiger charge is -2.36. The van der Waals surface area contributed by atoms with Crippen molar-refractivity contribution in [1.29, 1.82) is 0 Å². The third-order valence-electron chi connectivity index (χ3n) is 5.82. The molecule has 1 aliphatic heterocycles. The monoisotopic (exact) mass is 266 g/mol. The second-order valence-electron chi connectivity index (χ2n) is 7.10. The van der Waals surface area contributed by atoms with Crippen LogP contribution in [0.15, 0.2) is 0 Å². The van der Waals surface area contributed by atoms with Gasteiger partial charge in [0, 0.05) is 19.1 Å². The van der Waals surface area contributed by atoms with Gasteiger partial charge in [-0.3, -0.25) is 0 Å². The largest absolute Gasteiger partial charge is 0.312 e. The van der Waals surface area contributed by atoms with Crippen molar-refractivity contribution in [2.75, 3.05) is 26.2 Å². The van der Waals surface area contributed by atoms with Crippen molar-refractivity contribution in [3.63, 3.8) is 0 Å². The van der Waals surface area contributed by atoms with Gasteiger partial charge >= 0.3 is 0 Å². The van der Waals surface area contributed by atoms with Gasteiger partial charge < -0.3 is 10.2 Å². The number of nitrogens with zero attached hydrogens (tertiary/aromatic N) is 1. The molecule has 0 radical (unpaired) electrons. The Hall–Kier alpha value is -0.0800. The summed E-state index contributed by atoms with van der Waals surface area (Å²) >= 11 is 0. The van der Waals surface area contributed by atoms with E-state index in [0.29, 0.717) is 11.5 Å². The number of hydrogen-bond acceptors (Lipinski definition) is 2. The maximum Gasteiger partial charge on any atom is 0.0220 e. The van der Waals surface area contributed by atoms with Crippen molar-refractivity contribution >= 4 is 0 Å². The average molecular weight is 266 g/mol. The molecule has 2 aliphatic rings. The molecule has 0 bridgehead atoms. The molecule has 1 heterocycles. The minimum absolute atomic E-state index is 0.657. The van der Waals surface area contributed by atoms with E-state index in [1.54, 1.807) is 0 Å². The summed E-state index contributed by atoms with van der Waals surface area (Å²) in [7, 11) is 0. The standard InChI is InChI=1S/C17H34N2/c1-4-15(3)16-13-19(12-8-11-18-16)14-17(5-2)9-6-7-10-17/h15-16,18H,4-14H2,1-3H3. The molecule has 1 N–H and O–H groups in total. The minimum Gasteiger partial charge on any atom is -0.312 e. The number of rotatable bonds is 5. The molecule has 1 aliphatic carbocycles. The van der Waals surface area contributed by atoms with Crippen LogP contribution in [-0.2, 0) is 0 Å². The van der Waals surface area contributed by atoms with E-state index < -0.39 is 0 Å². The molecule has 0 aromatic heterocycles. The number of nitrogens with one attached hydrogen (secondary N) is 1. The Morgan fingerprint density at radius 3 is 2.58 bits per heavy atom. The summed E-state index contributed by atoms with van der Waals surface area (Å²) < 4.78 is 0. The van der Waals surface area contributed by atoms with Crippen molar-refractivity contribution in [3.05, 3.63) is 0 Å². The molecule has 0 amide bonds. The van der Waals surface area contributed by atoms with Gasteiger partial charge in [-0.05, 0) is 50.1 Å². The Morgan fingerprint density at radius 1 is 1.21 bits per heavy atom. The van der Waals surface area contributed by atoms with Crippen LogP contribution in [0.3, 0.4) is 0 Å². The highest BCUT2D eigenvalue weighted by atomic mass is 15.2. The summed E-state index contributed by atoms with van der Waals surface area (Å²) in [5.41, 5.74) is 0.657. The topological polar surface area (TPSA) is 15.3 Å². The zero-order chi connectivity index (χ0) is 13.7. The highest BCUT2D eigenvalue weighted by molar-refractivity contribution is 4.89. The van der Waals surface area contributed by atoms with E-state index in [1.165, 1.54) is 71.1 Å². The molecule has 1 saturated carbocycles. The lowest BCUT2D eigenvalue weighted by Crippen LogP contribution is -2.45. The van der Waals surface area contributed by atoms with Crippen molar-refractivity contribution < 1.29 is 0 Å². The predicted octanol–water partition coefficient (Wildman–Crippen LogP) is 3.67.